The number of hydrogen-bond donors (Lipinski definition) is 2. The fraction of sp³-hybridized carbons (Fsp3) is 0.158. The number of amides is 1. The van der Waals surface area contributed by atoms with E-state index in [0.29, 0.717) is 22.1 Å². The number of anilines is 2. The number of aromatic nitrogens is 2. The third kappa shape index (κ3) is 4.02. The summed E-state index contributed by atoms with van der Waals surface area (Å²) in [5.74, 6) is -0.444. The van der Waals surface area contributed by atoms with Gasteiger partial charge in [0.2, 0.25) is 0 Å². The number of rotatable bonds is 5. The number of carbonyl (C=O) groups is 1. The molecule has 3 aromatic rings. The SMILES string of the molecule is Cc1nn(C)c(C)c1S(=O)(=O)Nc1ccccc1C(=O)Nc1ccc(Cl)cc1. The zero-order chi connectivity index (χ0) is 20.5. The van der Waals surface area contributed by atoms with Crippen LogP contribution >= 0.6 is 11.6 Å². The summed E-state index contributed by atoms with van der Waals surface area (Å²) in [5, 5.41) is 7.43. The molecule has 1 aromatic heterocycles. The first-order valence-electron chi connectivity index (χ1n) is 8.38. The molecule has 2 aromatic carbocycles. The van der Waals surface area contributed by atoms with Crippen LogP contribution in [0.3, 0.4) is 0 Å². The summed E-state index contributed by atoms with van der Waals surface area (Å²) in [6.07, 6.45) is 0. The molecule has 0 saturated carbocycles. The lowest BCUT2D eigenvalue weighted by Crippen LogP contribution is -2.19. The second-order valence-electron chi connectivity index (χ2n) is 6.24. The molecule has 28 heavy (non-hydrogen) atoms. The van der Waals surface area contributed by atoms with Crippen molar-refractivity contribution < 1.29 is 13.2 Å². The number of nitrogens with one attached hydrogen (secondary N) is 2. The molecule has 0 bridgehead atoms. The maximum atomic E-state index is 12.9. The highest BCUT2D eigenvalue weighted by Crippen LogP contribution is 2.25. The lowest BCUT2D eigenvalue weighted by molar-refractivity contribution is 0.102. The van der Waals surface area contributed by atoms with E-state index in [4.69, 9.17) is 11.6 Å². The van der Waals surface area contributed by atoms with Gasteiger partial charge in [-0.1, -0.05) is 23.7 Å². The standard InChI is InChI=1S/C19H19ClN4O3S/c1-12-18(13(2)24(3)22-12)28(26,27)23-17-7-5-4-6-16(17)19(25)21-15-10-8-14(20)9-11-15/h4-11,23H,1-3H3,(H,21,25). The van der Waals surface area contributed by atoms with Crippen molar-refractivity contribution in [1.29, 1.82) is 0 Å². The number of halogens is 1. The Bertz CT molecular complexity index is 1140. The zero-order valence-electron chi connectivity index (χ0n) is 15.5. The summed E-state index contributed by atoms with van der Waals surface area (Å²) in [6.45, 7) is 3.30. The fourth-order valence-corrected chi connectivity index (χ4v) is 4.49. The van der Waals surface area contributed by atoms with E-state index in [9.17, 15) is 13.2 Å². The van der Waals surface area contributed by atoms with Crippen LogP contribution in [-0.2, 0) is 17.1 Å². The first-order valence-corrected chi connectivity index (χ1v) is 10.2. The number of para-hydroxylation sites is 1. The molecule has 3 rings (SSSR count). The monoisotopic (exact) mass is 418 g/mol. The minimum Gasteiger partial charge on any atom is -0.322 e. The Morgan fingerprint density at radius 3 is 2.32 bits per heavy atom. The normalized spacial score (nSPS) is 11.3. The molecule has 0 aliphatic rings. The summed E-state index contributed by atoms with van der Waals surface area (Å²) in [4.78, 5) is 12.8. The second kappa shape index (κ2) is 7.65. The molecule has 7 nitrogen and oxygen atoms in total. The molecule has 2 N–H and O–H groups in total. The van der Waals surface area contributed by atoms with E-state index >= 15 is 0 Å². The first kappa shape index (κ1) is 19.9. The maximum Gasteiger partial charge on any atom is 0.265 e. The van der Waals surface area contributed by atoms with Crippen LogP contribution in [0.15, 0.2) is 53.4 Å². The Labute approximate surface area is 168 Å². The summed E-state index contributed by atoms with van der Waals surface area (Å²) in [5.41, 5.74) is 1.81. The molecular weight excluding hydrogens is 400 g/mol. The van der Waals surface area contributed by atoms with Crippen LogP contribution in [0.5, 0.6) is 0 Å². The van der Waals surface area contributed by atoms with Crippen molar-refractivity contribution in [2.45, 2.75) is 18.7 Å². The predicted octanol–water partition coefficient (Wildman–Crippen LogP) is 3.74. The number of benzene rings is 2. The molecule has 0 unspecified atom stereocenters. The molecular formula is C19H19ClN4O3S. The molecule has 9 heteroatoms. The highest BCUT2D eigenvalue weighted by Gasteiger charge is 2.25. The van der Waals surface area contributed by atoms with Gasteiger partial charge in [-0.2, -0.15) is 5.10 Å². The smallest absolute Gasteiger partial charge is 0.265 e. The summed E-state index contributed by atoms with van der Waals surface area (Å²) < 4.78 is 29.8. The van der Waals surface area contributed by atoms with Gasteiger partial charge in [-0.25, -0.2) is 8.42 Å². The Balaban J connectivity index is 1.91. The van der Waals surface area contributed by atoms with E-state index in [2.05, 4.69) is 15.1 Å². The van der Waals surface area contributed by atoms with Crippen LogP contribution in [0.2, 0.25) is 5.02 Å². The molecule has 0 saturated heterocycles. The molecule has 0 radical (unpaired) electrons. The second-order valence-corrected chi connectivity index (χ2v) is 8.29. The summed E-state index contributed by atoms with van der Waals surface area (Å²) >= 11 is 5.85. The van der Waals surface area contributed by atoms with Gasteiger partial charge in [0.25, 0.3) is 15.9 Å². The van der Waals surface area contributed by atoms with Crippen molar-refractivity contribution >= 4 is 38.9 Å². The van der Waals surface area contributed by atoms with Gasteiger partial charge in [-0.05, 0) is 50.2 Å². The van der Waals surface area contributed by atoms with E-state index in [0.717, 1.165) is 0 Å². The Kier molecular flexibility index (Phi) is 5.44. The van der Waals surface area contributed by atoms with Crippen molar-refractivity contribution in [2.75, 3.05) is 10.0 Å². The van der Waals surface area contributed by atoms with Crippen LogP contribution in [0.25, 0.3) is 0 Å². The molecule has 0 spiro atoms. The predicted molar refractivity (Wildman–Crippen MR) is 109 cm³/mol. The van der Waals surface area contributed by atoms with E-state index < -0.39 is 15.9 Å². The topological polar surface area (TPSA) is 93.1 Å². The quantitative estimate of drug-likeness (QED) is 0.660. The van der Waals surface area contributed by atoms with Crippen LogP contribution in [0, 0.1) is 13.8 Å². The van der Waals surface area contributed by atoms with Gasteiger partial charge in [0.1, 0.15) is 4.90 Å². The molecule has 0 fully saturated rings. The van der Waals surface area contributed by atoms with E-state index in [1.54, 1.807) is 63.4 Å². The van der Waals surface area contributed by atoms with Crippen molar-refractivity contribution in [3.8, 4) is 0 Å². The molecule has 1 heterocycles. The highest BCUT2D eigenvalue weighted by molar-refractivity contribution is 7.92. The number of hydrogen-bond acceptors (Lipinski definition) is 4. The third-order valence-corrected chi connectivity index (χ3v) is 6.10. The summed E-state index contributed by atoms with van der Waals surface area (Å²) in [7, 11) is -2.24. The zero-order valence-corrected chi connectivity index (χ0v) is 17.1. The first-order chi connectivity index (χ1) is 13.2. The minimum absolute atomic E-state index is 0.0999. The average Bonchev–Trinajstić information content (AvgIpc) is 2.89. The van der Waals surface area contributed by atoms with E-state index in [-0.39, 0.29) is 16.1 Å². The molecule has 0 atom stereocenters. The number of sulfonamides is 1. The van der Waals surface area contributed by atoms with Gasteiger partial charge in [0.05, 0.1) is 22.6 Å². The number of aryl methyl sites for hydroxylation is 2. The van der Waals surface area contributed by atoms with Crippen LogP contribution in [0.4, 0.5) is 11.4 Å². The largest absolute Gasteiger partial charge is 0.322 e. The van der Waals surface area contributed by atoms with Crippen molar-refractivity contribution in [3.63, 3.8) is 0 Å². The van der Waals surface area contributed by atoms with Crippen molar-refractivity contribution in [3.05, 3.63) is 70.5 Å². The van der Waals surface area contributed by atoms with Crippen LogP contribution < -0.4 is 10.0 Å². The Hall–Kier alpha value is -2.84. The minimum atomic E-state index is -3.92. The van der Waals surface area contributed by atoms with Crippen molar-refractivity contribution in [1.82, 2.24) is 9.78 Å². The van der Waals surface area contributed by atoms with Gasteiger partial charge in [-0.3, -0.25) is 14.2 Å². The lowest BCUT2D eigenvalue weighted by atomic mass is 10.1. The molecule has 1 amide bonds. The number of carbonyl (C=O) groups excluding carboxylic acids is 1. The Morgan fingerprint density at radius 1 is 1.07 bits per heavy atom. The van der Waals surface area contributed by atoms with E-state index in [1.807, 2.05) is 0 Å². The number of nitrogens with zero attached hydrogens (tertiary/aromatic N) is 2. The Morgan fingerprint density at radius 2 is 1.71 bits per heavy atom. The van der Waals surface area contributed by atoms with E-state index in [1.165, 1.54) is 10.7 Å². The molecule has 146 valence electrons. The van der Waals surface area contributed by atoms with Gasteiger partial charge in [0, 0.05) is 17.8 Å². The summed E-state index contributed by atoms with van der Waals surface area (Å²) in [6, 6.07) is 13.0. The molecule has 0 aliphatic carbocycles. The van der Waals surface area contributed by atoms with Gasteiger partial charge < -0.3 is 5.32 Å². The van der Waals surface area contributed by atoms with Crippen LogP contribution in [0.1, 0.15) is 21.7 Å². The maximum absolute atomic E-state index is 12.9. The fourth-order valence-electron chi connectivity index (χ4n) is 2.84. The van der Waals surface area contributed by atoms with Gasteiger partial charge >= 0.3 is 0 Å². The highest BCUT2D eigenvalue weighted by atomic mass is 35.5. The van der Waals surface area contributed by atoms with Crippen molar-refractivity contribution in [2.24, 2.45) is 7.05 Å². The van der Waals surface area contributed by atoms with Gasteiger partial charge in [-0.15, -0.1) is 0 Å². The third-order valence-electron chi connectivity index (χ3n) is 4.23. The lowest BCUT2D eigenvalue weighted by Gasteiger charge is -2.13. The van der Waals surface area contributed by atoms with Crippen LogP contribution in [-0.4, -0.2) is 24.1 Å². The van der Waals surface area contributed by atoms with Gasteiger partial charge in [0.15, 0.2) is 0 Å². The molecule has 0 aliphatic heterocycles. The average molecular weight is 419 g/mol.